The summed E-state index contributed by atoms with van der Waals surface area (Å²) in [6, 6.07) is 0. The van der Waals surface area contributed by atoms with Crippen molar-refractivity contribution in [1.29, 1.82) is 0 Å². The highest BCUT2D eigenvalue weighted by Crippen LogP contribution is 2.08. The fraction of sp³-hybridized carbons (Fsp3) is 0.769. The summed E-state index contributed by atoms with van der Waals surface area (Å²) in [5.74, 6) is -0.0181. The minimum atomic E-state index is -0.671. The molecule has 0 saturated carbocycles. The Hall–Kier alpha value is -0.790. The molecule has 1 N–H and O–H groups in total. The molecule has 0 aromatic rings. The van der Waals surface area contributed by atoms with E-state index < -0.39 is 5.97 Å². The van der Waals surface area contributed by atoms with E-state index in [4.69, 9.17) is 5.11 Å². The second kappa shape index (κ2) is 9.75. The molecule has 0 spiro atoms. The van der Waals surface area contributed by atoms with E-state index >= 15 is 0 Å². The molecular formula is C13H24O2. The Bertz CT molecular complexity index is 183. The number of carboxylic acids is 1. The highest BCUT2D eigenvalue weighted by atomic mass is 16.4. The van der Waals surface area contributed by atoms with Crippen LogP contribution in [0.5, 0.6) is 0 Å². The molecule has 0 rings (SSSR count). The van der Waals surface area contributed by atoms with Crippen LogP contribution in [0.1, 0.15) is 58.8 Å². The lowest BCUT2D eigenvalue weighted by atomic mass is 10.1. The topological polar surface area (TPSA) is 37.3 Å². The van der Waals surface area contributed by atoms with E-state index in [0.717, 1.165) is 19.3 Å². The van der Waals surface area contributed by atoms with Gasteiger partial charge in [0.25, 0.3) is 0 Å². The van der Waals surface area contributed by atoms with Crippen molar-refractivity contribution in [3.05, 3.63) is 12.2 Å². The SMILES string of the molecule is CC(C)C=CCCCCCCCC(=O)O. The van der Waals surface area contributed by atoms with E-state index in [0.29, 0.717) is 12.3 Å². The van der Waals surface area contributed by atoms with Crippen LogP contribution in [0.15, 0.2) is 12.2 Å². The molecule has 2 heteroatoms. The monoisotopic (exact) mass is 212 g/mol. The van der Waals surface area contributed by atoms with Gasteiger partial charge in [0.05, 0.1) is 0 Å². The molecule has 0 aromatic heterocycles. The maximum atomic E-state index is 10.2. The molecule has 0 atom stereocenters. The van der Waals surface area contributed by atoms with Crippen LogP contribution < -0.4 is 0 Å². The van der Waals surface area contributed by atoms with Crippen LogP contribution in [0, 0.1) is 5.92 Å². The number of aliphatic carboxylic acids is 1. The number of carboxylic acid groups (broad SMARTS) is 1. The first-order chi connectivity index (χ1) is 7.13. The fourth-order valence-corrected chi connectivity index (χ4v) is 1.44. The van der Waals surface area contributed by atoms with E-state index in [9.17, 15) is 4.79 Å². The van der Waals surface area contributed by atoms with Crippen LogP contribution in [0.25, 0.3) is 0 Å². The number of carbonyl (C=O) groups is 1. The van der Waals surface area contributed by atoms with Gasteiger partial charge in [-0.1, -0.05) is 45.3 Å². The number of hydrogen-bond acceptors (Lipinski definition) is 1. The van der Waals surface area contributed by atoms with Crippen LogP contribution in [-0.2, 0) is 4.79 Å². The van der Waals surface area contributed by atoms with Crippen molar-refractivity contribution in [2.24, 2.45) is 5.92 Å². The molecule has 15 heavy (non-hydrogen) atoms. The Morgan fingerprint density at radius 2 is 1.73 bits per heavy atom. The Kier molecular flexibility index (Phi) is 9.24. The summed E-state index contributed by atoms with van der Waals surface area (Å²) in [6.07, 6.45) is 11.5. The molecule has 0 heterocycles. The third kappa shape index (κ3) is 13.2. The summed E-state index contributed by atoms with van der Waals surface area (Å²) in [7, 11) is 0. The minimum absolute atomic E-state index is 0.327. The summed E-state index contributed by atoms with van der Waals surface area (Å²) in [5.41, 5.74) is 0. The zero-order valence-electron chi connectivity index (χ0n) is 10.0. The van der Waals surface area contributed by atoms with Gasteiger partial charge in [0.1, 0.15) is 0 Å². The zero-order valence-corrected chi connectivity index (χ0v) is 10.0. The first-order valence-corrected chi connectivity index (χ1v) is 6.01. The molecule has 0 radical (unpaired) electrons. The van der Waals surface area contributed by atoms with Crippen LogP contribution in [0.3, 0.4) is 0 Å². The van der Waals surface area contributed by atoms with Crippen molar-refractivity contribution in [3.8, 4) is 0 Å². The van der Waals surface area contributed by atoms with Gasteiger partial charge >= 0.3 is 5.97 Å². The van der Waals surface area contributed by atoms with Gasteiger partial charge in [-0.25, -0.2) is 0 Å². The molecule has 0 unspecified atom stereocenters. The molecule has 0 saturated heterocycles. The van der Waals surface area contributed by atoms with Crippen molar-refractivity contribution in [3.63, 3.8) is 0 Å². The van der Waals surface area contributed by atoms with Crippen molar-refractivity contribution in [2.45, 2.75) is 58.8 Å². The number of rotatable bonds is 9. The predicted octanol–water partition coefficient (Wildman–Crippen LogP) is 4.01. The first kappa shape index (κ1) is 14.2. The summed E-state index contributed by atoms with van der Waals surface area (Å²) in [5, 5.41) is 8.43. The van der Waals surface area contributed by atoms with E-state index in [1.807, 2.05) is 0 Å². The van der Waals surface area contributed by atoms with Gasteiger partial charge in [-0.2, -0.15) is 0 Å². The van der Waals surface area contributed by atoms with E-state index in [2.05, 4.69) is 26.0 Å². The molecule has 0 fully saturated rings. The normalized spacial score (nSPS) is 11.4. The zero-order chi connectivity index (χ0) is 11.5. The molecule has 0 bridgehead atoms. The van der Waals surface area contributed by atoms with Gasteiger partial charge in [0.2, 0.25) is 0 Å². The maximum Gasteiger partial charge on any atom is 0.303 e. The number of hydrogen-bond donors (Lipinski definition) is 1. The lowest BCUT2D eigenvalue weighted by molar-refractivity contribution is -0.137. The summed E-state index contributed by atoms with van der Waals surface area (Å²) < 4.78 is 0. The van der Waals surface area contributed by atoms with Crippen LogP contribution >= 0.6 is 0 Å². The van der Waals surface area contributed by atoms with E-state index in [-0.39, 0.29) is 0 Å². The predicted molar refractivity (Wildman–Crippen MR) is 63.9 cm³/mol. The highest BCUT2D eigenvalue weighted by Gasteiger charge is 1.95. The number of unbranched alkanes of at least 4 members (excludes halogenated alkanes) is 5. The largest absolute Gasteiger partial charge is 0.481 e. The van der Waals surface area contributed by atoms with Gasteiger partial charge < -0.3 is 5.11 Å². The van der Waals surface area contributed by atoms with Crippen molar-refractivity contribution in [1.82, 2.24) is 0 Å². The van der Waals surface area contributed by atoms with Gasteiger partial charge in [-0.05, 0) is 25.2 Å². The third-order valence-electron chi connectivity index (χ3n) is 2.28. The minimum Gasteiger partial charge on any atom is -0.481 e. The Balaban J connectivity index is 3.08. The average Bonchev–Trinajstić information content (AvgIpc) is 2.14. The van der Waals surface area contributed by atoms with Crippen LogP contribution in [-0.4, -0.2) is 11.1 Å². The lowest BCUT2D eigenvalue weighted by Crippen LogP contribution is -1.93. The fourth-order valence-electron chi connectivity index (χ4n) is 1.44. The molecule has 2 nitrogen and oxygen atoms in total. The molecule has 0 aliphatic carbocycles. The van der Waals surface area contributed by atoms with Gasteiger partial charge in [0, 0.05) is 6.42 Å². The molecule has 0 amide bonds. The average molecular weight is 212 g/mol. The Morgan fingerprint density at radius 1 is 1.13 bits per heavy atom. The number of allylic oxidation sites excluding steroid dienone is 2. The molecule has 0 aliphatic heterocycles. The third-order valence-corrected chi connectivity index (χ3v) is 2.28. The van der Waals surface area contributed by atoms with E-state index in [1.165, 1.54) is 19.3 Å². The molecule has 0 aliphatic rings. The second-order valence-corrected chi connectivity index (χ2v) is 4.37. The highest BCUT2D eigenvalue weighted by molar-refractivity contribution is 5.66. The molecular weight excluding hydrogens is 188 g/mol. The lowest BCUT2D eigenvalue weighted by Gasteiger charge is -1.98. The molecule has 0 aromatic carbocycles. The second-order valence-electron chi connectivity index (χ2n) is 4.37. The standard InChI is InChI=1S/C13H24O2/c1-12(2)10-8-6-4-3-5-7-9-11-13(14)15/h8,10,12H,3-7,9,11H2,1-2H3,(H,14,15). The summed E-state index contributed by atoms with van der Waals surface area (Å²) in [6.45, 7) is 4.37. The Labute approximate surface area is 93.4 Å². The molecule has 88 valence electrons. The van der Waals surface area contributed by atoms with Crippen molar-refractivity contribution in [2.75, 3.05) is 0 Å². The first-order valence-electron chi connectivity index (χ1n) is 6.01. The summed E-state index contributed by atoms with van der Waals surface area (Å²) >= 11 is 0. The Morgan fingerprint density at radius 3 is 2.33 bits per heavy atom. The smallest absolute Gasteiger partial charge is 0.303 e. The van der Waals surface area contributed by atoms with E-state index in [1.54, 1.807) is 0 Å². The van der Waals surface area contributed by atoms with Crippen molar-refractivity contribution >= 4 is 5.97 Å². The van der Waals surface area contributed by atoms with Crippen molar-refractivity contribution < 1.29 is 9.90 Å². The maximum absolute atomic E-state index is 10.2. The van der Waals surface area contributed by atoms with Crippen LogP contribution in [0.4, 0.5) is 0 Å². The van der Waals surface area contributed by atoms with Gasteiger partial charge in [0.15, 0.2) is 0 Å². The van der Waals surface area contributed by atoms with Crippen LogP contribution in [0.2, 0.25) is 0 Å². The van der Waals surface area contributed by atoms with Gasteiger partial charge in [-0.3, -0.25) is 4.79 Å². The quantitative estimate of drug-likeness (QED) is 0.463. The van der Waals surface area contributed by atoms with Gasteiger partial charge in [-0.15, -0.1) is 0 Å². The summed E-state index contributed by atoms with van der Waals surface area (Å²) in [4.78, 5) is 10.2.